The molecule has 2 heterocycles. The van der Waals surface area contributed by atoms with Gasteiger partial charge >= 0.3 is 0 Å². The van der Waals surface area contributed by atoms with Crippen molar-refractivity contribution in [3.05, 3.63) is 33.3 Å². The highest BCUT2D eigenvalue weighted by atomic mass is 35.5. The average Bonchev–Trinajstić information content (AvgIpc) is 2.84. The molecule has 0 unspecified atom stereocenters. The summed E-state index contributed by atoms with van der Waals surface area (Å²) >= 11 is 12.0. The fourth-order valence-corrected chi connectivity index (χ4v) is 3.62. The molecule has 2 aliphatic rings. The van der Waals surface area contributed by atoms with Crippen LogP contribution in [-0.2, 0) is 9.53 Å². The molecule has 0 radical (unpaired) electrons. The number of benzene rings is 1. The van der Waals surface area contributed by atoms with Crippen LogP contribution < -0.4 is 0 Å². The minimum absolute atomic E-state index is 0.126. The number of carbonyl (C=O) groups excluding carboxylic acids is 3. The summed E-state index contributed by atoms with van der Waals surface area (Å²) in [5.74, 6) is -1.11. The number of morpholine rings is 1. The SMILES string of the molecule is CC(C)C[C@@H](C(=O)N1CCOCC1)N1C(=O)c2cc(Cl)c(Cl)cc2C1=O. The molecule has 140 valence electrons. The van der Waals surface area contributed by atoms with Crippen molar-refractivity contribution in [2.75, 3.05) is 26.3 Å². The number of amides is 3. The van der Waals surface area contributed by atoms with E-state index in [-0.39, 0.29) is 33.0 Å². The lowest BCUT2D eigenvalue weighted by atomic mass is 10.0. The summed E-state index contributed by atoms with van der Waals surface area (Å²) < 4.78 is 5.28. The van der Waals surface area contributed by atoms with Gasteiger partial charge in [-0.25, -0.2) is 0 Å². The lowest BCUT2D eigenvalue weighted by molar-refractivity contribution is -0.140. The quantitative estimate of drug-likeness (QED) is 0.731. The molecule has 1 fully saturated rings. The van der Waals surface area contributed by atoms with Gasteiger partial charge in [0, 0.05) is 13.1 Å². The molecule has 2 aliphatic heterocycles. The Bertz CT molecular complexity index is 719. The van der Waals surface area contributed by atoms with Crippen molar-refractivity contribution in [1.29, 1.82) is 0 Å². The van der Waals surface area contributed by atoms with Gasteiger partial charge in [-0.05, 0) is 24.5 Å². The lowest BCUT2D eigenvalue weighted by Gasteiger charge is -2.34. The zero-order valence-corrected chi connectivity index (χ0v) is 16.1. The molecule has 0 saturated carbocycles. The maximum Gasteiger partial charge on any atom is 0.262 e. The first-order chi connectivity index (χ1) is 12.3. The molecule has 0 spiro atoms. The Morgan fingerprint density at radius 1 is 1.08 bits per heavy atom. The van der Waals surface area contributed by atoms with E-state index < -0.39 is 17.9 Å². The Labute approximate surface area is 162 Å². The molecule has 26 heavy (non-hydrogen) atoms. The minimum Gasteiger partial charge on any atom is -0.378 e. The molecule has 3 rings (SSSR count). The second kappa shape index (κ2) is 7.55. The van der Waals surface area contributed by atoms with Gasteiger partial charge in [0.2, 0.25) is 5.91 Å². The molecule has 1 aromatic rings. The number of hydrogen-bond acceptors (Lipinski definition) is 4. The number of halogens is 2. The molecule has 1 atom stereocenters. The van der Waals surface area contributed by atoms with Crippen LogP contribution in [0.15, 0.2) is 12.1 Å². The molecule has 3 amide bonds. The van der Waals surface area contributed by atoms with Gasteiger partial charge in [0.05, 0.1) is 34.4 Å². The third-order valence-electron chi connectivity index (χ3n) is 4.57. The van der Waals surface area contributed by atoms with Crippen LogP contribution in [0.3, 0.4) is 0 Å². The van der Waals surface area contributed by atoms with E-state index in [1.807, 2.05) is 13.8 Å². The van der Waals surface area contributed by atoms with Crippen molar-refractivity contribution in [2.45, 2.75) is 26.3 Å². The van der Waals surface area contributed by atoms with Crippen molar-refractivity contribution in [3.8, 4) is 0 Å². The van der Waals surface area contributed by atoms with Crippen LogP contribution in [0.4, 0.5) is 0 Å². The number of rotatable bonds is 4. The summed E-state index contributed by atoms with van der Waals surface area (Å²) in [6, 6.07) is 1.94. The van der Waals surface area contributed by atoms with Gasteiger partial charge < -0.3 is 9.64 Å². The van der Waals surface area contributed by atoms with Crippen LogP contribution in [-0.4, -0.2) is 59.9 Å². The third-order valence-corrected chi connectivity index (χ3v) is 5.30. The Balaban J connectivity index is 1.95. The summed E-state index contributed by atoms with van der Waals surface area (Å²) in [5.41, 5.74) is 0.376. The molecule has 0 aromatic heterocycles. The van der Waals surface area contributed by atoms with Gasteiger partial charge in [-0.1, -0.05) is 37.0 Å². The summed E-state index contributed by atoms with van der Waals surface area (Å²) in [4.78, 5) is 41.6. The normalized spacial score (nSPS) is 18.5. The van der Waals surface area contributed by atoms with E-state index in [1.165, 1.54) is 12.1 Å². The van der Waals surface area contributed by atoms with E-state index in [4.69, 9.17) is 27.9 Å². The lowest BCUT2D eigenvalue weighted by Crippen LogP contribution is -2.53. The molecular formula is C18H20Cl2N2O4. The zero-order chi connectivity index (χ0) is 19.0. The number of carbonyl (C=O) groups is 3. The van der Waals surface area contributed by atoms with Crippen molar-refractivity contribution < 1.29 is 19.1 Å². The van der Waals surface area contributed by atoms with Gasteiger partial charge in [-0.2, -0.15) is 0 Å². The maximum atomic E-state index is 13.1. The number of nitrogens with zero attached hydrogens (tertiary/aromatic N) is 2. The molecule has 0 N–H and O–H groups in total. The van der Waals surface area contributed by atoms with Crippen molar-refractivity contribution >= 4 is 40.9 Å². The van der Waals surface area contributed by atoms with Gasteiger partial charge in [-0.15, -0.1) is 0 Å². The molecule has 1 aromatic carbocycles. The predicted molar refractivity (Wildman–Crippen MR) is 97.6 cm³/mol. The highest BCUT2D eigenvalue weighted by Gasteiger charge is 2.44. The van der Waals surface area contributed by atoms with E-state index in [9.17, 15) is 14.4 Å². The molecule has 1 saturated heterocycles. The highest BCUT2D eigenvalue weighted by Crippen LogP contribution is 2.33. The fourth-order valence-electron chi connectivity index (χ4n) is 3.29. The highest BCUT2D eigenvalue weighted by molar-refractivity contribution is 6.43. The molecule has 6 nitrogen and oxygen atoms in total. The van der Waals surface area contributed by atoms with E-state index in [0.29, 0.717) is 32.7 Å². The Hall–Kier alpha value is -1.63. The molecule has 8 heteroatoms. The van der Waals surface area contributed by atoms with E-state index in [0.717, 1.165) is 4.90 Å². The van der Waals surface area contributed by atoms with Crippen LogP contribution in [0.5, 0.6) is 0 Å². The van der Waals surface area contributed by atoms with Gasteiger partial charge in [-0.3, -0.25) is 19.3 Å². The predicted octanol–water partition coefficient (Wildman–Crippen LogP) is 2.86. The van der Waals surface area contributed by atoms with Crippen LogP contribution in [0.2, 0.25) is 10.0 Å². The van der Waals surface area contributed by atoms with Gasteiger partial charge in [0.15, 0.2) is 0 Å². The fraction of sp³-hybridized carbons (Fsp3) is 0.500. The van der Waals surface area contributed by atoms with Gasteiger partial charge in [0.1, 0.15) is 6.04 Å². The zero-order valence-electron chi connectivity index (χ0n) is 14.6. The van der Waals surface area contributed by atoms with E-state index in [2.05, 4.69) is 0 Å². The minimum atomic E-state index is -0.849. The van der Waals surface area contributed by atoms with E-state index >= 15 is 0 Å². The molecule has 0 aliphatic carbocycles. The summed E-state index contributed by atoms with van der Waals surface area (Å²) in [5, 5.41) is 0.404. The monoisotopic (exact) mass is 398 g/mol. The summed E-state index contributed by atoms with van der Waals surface area (Å²) in [6.45, 7) is 5.71. The number of imide groups is 1. The van der Waals surface area contributed by atoms with Crippen LogP contribution in [0, 0.1) is 5.92 Å². The topological polar surface area (TPSA) is 66.9 Å². The standard InChI is InChI=1S/C18H20Cl2N2O4/c1-10(2)7-15(18(25)21-3-5-26-6-4-21)22-16(23)11-8-13(19)14(20)9-12(11)17(22)24/h8-10,15H,3-7H2,1-2H3/t15-/m0/s1. The number of hydrogen-bond donors (Lipinski definition) is 0. The first-order valence-corrected chi connectivity index (χ1v) is 9.30. The molecule has 0 bridgehead atoms. The Morgan fingerprint density at radius 3 is 2.04 bits per heavy atom. The van der Waals surface area contributed by atoms with E-state index in [1.54, 1.807) is 4.90 Å². The second-order valence-electron chi connectivity index (χ2n) is 6.88. The first-order valence-electron chi connectivity index (χ1n) is 8.54. The average molecular weight is 399 g/mol. The largest absolute Gasteiger partial charge is 0.378 e. The van der Waals surface area contributed by atoms with Crippen molar-refractivity contribution in [1.82, 2.24) is 9.80 Å². The van der Waals surface area contributed by atoms with Crippen LogP contribution >= 0.6 is 23.2 Å². The molecular weight excluding hydrogens is 379 g/mol. The van der Waals surface area contributed by atoms with Crippen LogP contribution in [0.1, 0.15) is 41.0 Å². The van der Waals surface area contributed by atoms with Crippen LogP contribution in [0.25, 0.3) is 0 Å². The Morgan fingerprint density at radius 2 is 1.58 bits per heavy atom. The number of ether oxygens (including phenoxy) is 1. The summed E-state index contributed by atoms with van der Waals surface area (Å²) in [6.07, 6.45) is 0.392. The van der Waals surface area contributed by atoms with Crippen molar-refractivity contribution in [2.24, 2.45) is 5.92 Å². The van der Waals surface area contributed by atoms with Crippen molar-refractivity contribution in [3.63, 3.8) is 0 Å². The number of fused-ring (bicyclic) bond motifs is 1. The summed E-state index contributed by atoms with van der Waals surface area (Å²) in [7, 11) is 0. The first kappa shape index (κ1) is 19.1. The third kappa shape index (κ3) is 3.46. The Kier molecular flexibility index (Phi) is 5.55. The second-order valence-corrected chi connectivity index (χ2v) is 7.69. The van der Waals surface area contributed by atoms with Gasteiger partial charge in [0.25, 0.3) is 11.8 Å². The smallest absolute Gasteiger partial charge is 0.262 e. The maximum absolute atomic E-state index is 13.1.